The minimum absolute atomic E-state index is 0.191. The summed E-state index contributed by atoms with van der Waals surface area (Å²) in [5, 5.41) is 4.56. The monoisotopic (exact) mass is 325 g/mol. The van der Waals surface area contributed by atoms with Gasteiger partial charge in [-0.05, 0) is 48.0 Å². The van der Waals surface area contributed by atoms with E-state index in [-0.39, 0.29) is 6.04 Å². The van der Waals surface area contributed by atoms with Gasteiger partial charge >= 0.3 is 0 Å². The average Bonchev–Trinajstić information content (AvgIpc) is 2.54. The first kappa shape index (κ1) is 14.8. The molecular formula is C15H24BrN3. The Labute approximate surface area is 124 Å². The maximum Gasteiger partial charge on any atom is 0.0738 e. The third-order valence-electron chi connectivity index (χ3n) is 3.79. The molecule has 1 unspecified atom stereocenters. The second-order valence-electron chi connectivity index (χ2n) is 6.37. The van der Waals surface area contributed by atoms with Crippen LogP contribution in [0.1, 0.15) is 45.0 Å². The van der Waals surface area contributed by atoms with E-state index in [0.717, 1.165) is 36.0 Å². The van der Waals surface area contributed by atoms with E-state index in [1.54, 1.807) is 0 Å². The van der Waals surface area contributed by atoms with Crippen molar-refractivity contribution in [3.05, 3.63) is 27.5 Å². The molecule has 0 aliphatic heterocycles. The summed E-state index contributed by atoms with van der Waals surface area (Å²) in [4.78, 5) is 0. The molecule has 1 atom stereocenters. The molecule has 0 saturated carbocycles. The highest BCUT2D eigenvalue weighted by Crippen LogP contribution is 2.37. The summed E-state index contributed by atoms with van der Waals surface area (Å²) in [7, 11) is 0. The molecule has 0 bridgehead atoms. The van der Waals surface area contributed by atoms with Crippen molar-refractivity contribution in [3.8, 4) is 0 Å². The van der Waals surface area contributed by atoms with Crippen molar-refractivity contribution in [1.82, 2.24) is 9.78 Å². The Morgan fingerprint density at radius 3 is 2.79 bits per heavy atom. The zero-order chi connectivity index (χ0) is 14.2. The van der Waals surface area contributed by atoms with E-state index in [9.17, 15) is 0 Å². The Morgan fingerprint density at radius 2 is 2.21 bits per heavy atom. The molecule has 1 aromatic heterocycles. The second-order valence-corrected chi connectivity index (χ2v) is 7.17. The fraction of sp³-hybridized carbons (Fsp3) is 0.667. The van der Waals surface area contributed by atoms with Crippen LogP contribution in [0.25, 0.3) is 0 Å². The summed E-state index contributed by atoms with van der Waals surface area (Å²) < 4.78 is 3.24. The molecule has 1 aromatic rings. The van der Waals surface area contributed by atoms with Gasteiger partial charge in [0.2, 0.25) is 0 Å². The highest BCUT2D eigenvalue weighted by atomic mass is 79.9. The molecule has 0 spiro atoms. The van der Waals surface area contributed by atoms with Crippen LogP contribution in [0.2, 0.25) is 0 Å². The normalized spacial score (nSPS) is 22.4. The number of aryl methyl sites for hydroxylation is 2. The Hall–Kier alpha value is -0.610. The van der Waals surface area contributed by atoms with Gasteiger partial charge in [0.1, 0.15) is 0 Å². The zero-order valence-corrected chi connectivity index (χ0v) is 13.9. The number of allylic oxidation sites excluding steroid dienone is 1. The maximum absolute atomic E-state index is 6.16. The van der Waals surface area contributed by atoms with E-state index in [0.29, 0.717) is 5.41 Å². The van der Waals surface area contributed by atoms with Crippen LogP contribution in [0.4, 0.5) is 0 Å². The highest BCUT2D eigenvalue weighted by molar-refractivity contribution is 9.10. The largest absolute Gasteiger partial charge is 0.324 e. The zero-order valence-electron chi connectivity index (χ0n) is 12.3. The van der Waals surface area contributed by atoms with Crippen LogP contribution in [0, 0.1) is 12.3 Å². The van der Waals surface area contributed by atoms with Crippen molar-refractivity contribution in [2.45, 2.75) is 59.5 Å². The summed E-state index contributed by atoms with van der Waals surface area (Å²) in [5.74, 6) is 0. The first-order valence-corrected chi connectivity index (χ1v) is 7.78. The van der Waals surface area contributed by atoms with E-state index in [2.05, 4.69) is 52.6 Å². The molecule has 0 saturated heterocycles. The number of nitrogens with zero attached hydrogens (tertiary/aromatic N) is 2. The molecule has 1 aliphatic carbocycles. The number of aromatic nitrogens is 2. The quantitative estimate of drug-likeness (QED) is 0.863. The third kappa shape index (κ3) is 3.29. The van der Waals surface area contributed by atoms with E-state index in [1.165, 1.54) is 11.3 Å². The van der Waals surface area contributed by atoms with Gasteiger partial charge in [0.15, 0.2) is 0 Å². The molecule has 1 heterocycles. The molecule has 19 heavy (non-hydrogen) atoms. The highest BCUT2D eigenvalue weighted by Gasteiger charge is 2.27. The summed E-state index contributed by atoms with van der Waals surface area (Å²) >= 11 is 3.67. The van der Waals surface area contributed by atoms with Gasteiger partial charge in [-0.3, -0.25) is 4.68 Å². The van der Waals surface area contributed by atoms with Crippen LogP contribution in [-0.2, 0) is 13.0 Å². The number of halogens is 1. The van der Waals surface area contributed by atoms with E-state index < -0.39 is 0 Å². The smallest absolute Gasteiger partial charge is 0.0738 e. The van der Waals surface area contributed by atoms with Crippen molar-refractivity contribution in [1.29, 1.82) is 0 Å². The van der Waals surface area contributed by atoms with Gasteiger partial charge in [-0.25, -0.2) is 0 Å². The van der Waals surface area contributed by atoms with Crippen LogP contribution in [0.5, 0.6) is 0 Å². The minimum Gasteiger partial charge on any atom is -0.324 e. The van der Waals surface area contributed by atoms with E-state index in [1.807, 2.05) is 6.92 Å². The minimum atomic E-state index is 0.191. The molecule has 0 fully saturated rings. The molecule has 3 nitrogen and oxygen atoms in total. The first-order chi connectivity index (χ1) is 8.82. The van der Waals surface area contributed by atoms with Crippen LogP contribution in [0.3, 0.4) is 0 Å². The maximum atomic E-state index is 6.16. The molecule has 0 amide bonds. The number of nitrogens with two attached hydrogens (primary N) is 1. The molecule has 2 N–H and O–H groups in total. The van der Waals surface area contributed by atoms with Crippen LogP contribution in [-0.4, -0.2) is 15.8 Å². The Morgan fingerprint density at radius 1 is 1.53 bits per heavy atom. The van der Waals surface area contributed by atoms with Crippen LogP contribution >= 0.6 is 15.9 Å². The van der Waals surface area contributed by atoms with Gasteiger partial charge in [-0.1, -0.05) is 25.5 Å². The predicted molar refractivity (Wildman–Crippen MR) is 83.1 cm³/mol. The Bertz CT molecular complexity index is 500. The summed E-state index contributed by atoms with van der Waals surface area (Å²) in [5.41, 5.74) is 10.2. The summed E-state index contributed by atoms with van der Waals surface area (Å²) in [6.07, 6.45) is 5.40. The van der Waals surface area contributed by atoms with Gasteiger partial charge in [0, 0.05) is 19.0 Å². The number of rotatable bonds is 3. The lowest BCUT2D eigenvalue weighted by Gasteiger charge is -2.33. The predicted octanol–water partition coefficient (Wildman–Crippen LogP) is 3.59. The molecule has 106 valence electrons. The van der Waals surface area contributed by atoms with Crippen molar-refractivity contribution in [2.75, 3.05) is 0 Å². The topological polar surface area (TPSA) is 43.8 Å². The van der Waals surface area contributed by atoms with Crippen molar-refractivity contribution in [3.63, 3.8) is 0 Å². The summed E-state index contributed by atoms with van der Waals surface area (Å²) in [6, 6.07) is 0.191. The van der Waals surface area contributed by atoms with E-state index in [4.69, 9.17) is 5.73 Å². The molecule has 4 heteroatoms. The molecule has 0 aromatic carbocycles. The van der Waals surface area contributed by atoms with Gasteiger partial charge in [-0.15, -0.1) is 0 Å². The molecule has 0 radical (unpaired) electrons. The van der Waals surface area contributed by atoms with Gasteiger partial charge < -0.3 is 5.73 Å². The van der Waals surface area contributed by atoms with Gasteiger partial charge in [0.25, 0.3) is 0 Å². The Balaban J connectivity index is 2.26. The lowest BCUT2D eigenvalue weighted by molar-refractivity contribution is 0.299. The first-order valence-electron chi connectivity index (χ1n) is 6.99. The number of hydrogen-bond acceptors (Lipinski definition) is 2. The molecular weight excluding hydrogens is 302 g/mol. The average molecular weight is 326 g/mol. The number of hydrogen-bond donors (Lipinski definition) is 1. The van der Waals surface area contributed by atoms with Crippen molar-refractivity contribution < 1.29 is 0 Å². The van der Waals surface area contributed by atoms with Crippen molar-refractivity contribution in [2.24, 2.45) is 11.1 Å². The summed E-state index contributed by atoms with van der Waals surface area (Å²) in [6.45, 7) is 9.69. The van der Waals surface area contributed by atoms with Crippen molar-refractivity contribution >= 4 is 15.9 Å². The van der Waals surface area contributed by atoms with E-state index >= 15 is 0 Å². The lowest BCUT2D eigenvalue weighted by atomic mass is 9.74. The van der Waals surface area contributed by atoms with Gasteiger partial charge in [-0.2, -0.15) is 5.10 Å². The van der Waals surface area contributed by atoms with Crippen LogP contribution in [0.15, 0.2) is 16.1 Å². The second kappa shape index (κ2) is 5.41. The lowest BCUT2D eigenvalue weighted by Crippen LogP contribution is -2.31. The standard InChI is InChI=1S/C15H24BrN3/c1-5-19-13(14(16)10(2)18-19)7-11-6-12(17)9-15(3,4)8-11/h6,12H,5,7-9,17H2,1-4H3. The third-order valence-corrected chi connectivity index (χ3v) is 4.82. The fourth-order valence-electron chi connectivity index (χ4n) is 3.12. The Kier molecular flexibility index (Phi) is 4.21. The SMILES string of the molecule is CCn1nc(C)c(Br)c1CC1=CC(N)CC(C)(C)C1. The molecule has 2 rings (SSSR count). The van der Waals surface area contributed by atoms with Crippen LogP contribution < -0.4 is 5.73 Å². The van der Waals surface area contributed by atoms with Gasteiger partial charge in [0.05, 0.1) is 15.9 Å². The molecule has 1 aliphatic rings. The fourth-order valence-corrected chi connectivity index (χ4v) is 3.54.